The van der Waals surface area contributed by atoms with Crippen LogP contribution in [0.1, 0.15) is 30.0 Å². The average Bonchev–Trinajstić information content (AvgIpc) is 3.20. The lowest BCUT2D eigenvalue weighted by Crippen LogP contribution is -2.32. The topological polar surface area (TPSA) is 32.3 Å². The fraction of sp³-hybridized carbons (Fsp3) is 0.294. The normalized spacial score (nSPS) is 16.5. The lowest BCUT2D eigenvalue weighted by atomic mass is 9.98. The van der Waals surface area contributed by atoms with Crippen molar-refractivity contribution in [1.82, 2.24) is 5.32 Å². The van der Waals surface area contributed by atoms with E-state index in [0.29, 0.717) is 6.54 Å². The van der Waals surface area contributed by atoms with Crippen molar-refractivity contribution in [3.8, 4) is 0 Å². The van der Waals surface area contributed by atoms with Crippen molar-refractivity contribution in [3.05, 3.63) is 71.8 Å². The largest absolute Gasteiger partial charge is 0.389 e. The molecular weight excluding hydrogens is 234 g/mol. The van der Waals surface area contributed by atoms with E-state index in [9.17, 15) is 5.11 Å². The molecule has 98 valence electrons. The first-order chi connectivity index (χ1) is 9.27. The first-order valence-electron chi connectivity index (χ1n) is 6.83. The summed E-state index contributed by atoms with van der Waals surface area (Å²) in [6.07, 6.45) is 1.83. The van der Waals surface area contributed by atoms with Crippen molar-refractivity contribution < 1.29 is 5.11 Å². The quantitative estimate of drug-likeness (QED) is 0.858. The third kappa shape index (κ3) is 3.03. The van der Waals surface area contributed by atoms with Gasteiger partial charge in [-0.15, -0.1) is 0 Å². The Morgan fingerprint density at radius 3 is 1.79 bits per heavy atom. The Morgan fingerprint density at radius 2 is 1.37 bits per heavy atom. The highest BCUT2D eigenvalue weighted by atomic mass is 16.3. The molecule has 1 saturated carbocycles. The van der Waals surface area contributed by atoms with Gasteiger partial charge >= 0.3 is 0 Å². The monoisotopic (exact) mass is 253 g/mol. The van der Waals surface area contributed by atoms with Gasteiger partial charge in [-0.1, -0.05) is 60.7 Å². The van der Waals surface area contributed by atoms with Crippen LogP contribution in [0, 0.1) is 0 Å². The van der Waals surface area contributed by atoms with Crippen LogP contribution in [-0.4, -0.2) is 17.3 Å². The molecule has 0 spiro atoms. The number of rotatable bonds is 5. The highest BCUT2D eigenvalue weighted by Crippen LogP contribution is 2.35. The minimum Gasteiger partial charge on any atom is -0.389 e. The maximum atomic E-state index is 10.0. The van der Waals surface area contributed by atoms with Crippen LogP contribution in [0.15, 0.2) is 60.7 Å². The summed E-state index contributed by atoms with van der Waals surface area (Å²) in [6.45, 7) is 0.654. The number of aliphatic hydroxyl groups is 1. The first kappa shape index (κ1) is 12.4. The summed E-state index contributed by atoms with van der Waals surface area (Å²) in [4.78, 5) is 0. The molecule has 0 saturated heterocycles. The second-order valence-electron chi connectivity index (χ2n) is 5.36. The molecule has 0 unspecified atom stereocenters. The van der Waals surface area contributed by atoms with Crippen molar-refractivity contribution >= 4 is 0 Å². The third-order valence-electron chi connectivity index (χ3n) is 3.73. The van der Waals surface area contributed by atoms with Crippen LogP contribution in [-0.2, 0) is 0 Å². The molecule has 1 aliphatic rings. The average molecular weight is 253 g/mol. The number of benzene rings is 2. The van der Waals surface area contributed by atoms with Gasteiger partial charge in [0.05, 0.1) is 11.6 Å². The Kier molecular flexibility index (Phi) is 3.36. The molecule has 0 atom stereocenters. The molecule has 3 rings (SSSR count). The number of nitrogens with one attached hydrogen (secondary N) is 1. The molecule has 2 heteroatoms. The Bertz CT molecular complexity index is 480. The maximum Gasteiger partial charge on any atom is 0.0774 e. The van der Waals surface area contributed by atoms with Crippen molar-refractivity contribution in [3.63, 3.8) is 0 Å². The van der Waals surface area contributed by atoms with Crippen LogP contribution in [0.3, 0.4) is 0 Å². The van der Waals surface area contributed by atoms with E-state index >= 15 is 0 Å². The van der Waals surface area contributed by atoms with Gasteiger partial charge in [0, 0.05) is 6.54 Å². The van der Waals surface area contributed by atoms with Crippen molar-refractivity contribution in [2.24, 2.45) is 0 Å². The standard InChI is InChI=1S/C17H19NO/c19-17(11-12-17)13-18-16(14-7-3-1-4-8-14)15-9-5-2-6-10-15/h1-10,16,18-19H,11-13H2. The molecule has 1 aliphatic carbocycles. The van der Waals surface area contributed by atoms with Gasteiger partial charge in [-0.25, -0.2) is 0 Å². The summed E-state index contributed by atoms with van der Waals surface area (Å²) in [5.41, 5.74) is 2.00. The van der Waals surface area contributed by atoms with E-state index < -0.39 is 5.60 Å². The molecule has 0 aromatic heterocycles. The lowest BCUT2D eigenvalue weighted by Gasteiger charge is -2.21. The van der Waals surface area contributed by atoms with Gasteiger partial charge in [0.2, 0.25) is 0 Å². The van der Waals surface area contributed by atoms with E-state index in [0.717, 1.165) is 12.8 Å². The first-order valence-corrected chi connectivity index (χ1v) is 6.83. The zero-order valence-electron chi connectivity index (χ0n) is 10.9. The van der Waals surface area contributed by atoms with Gasteiger partial charge in [0.15, 0.2) is 0 Å². The second-order valence-corrected chi connectivity index (χ2v) is 5.36. The fourth-order valence-corrected chi connectivity index (χ4v) is 2.33. The molecule has 0 amide bonds. The van der Waals surface area contributed by atoms with Crippen LogP contribution >= 0.6 is 0 Å². The van der Waals surface area contributed by atoms with Crippen molar-refractivity contribution in [1.29, 1.82) is 0 Å². The van der Waals surface area contributed by atoms with E-state index in [1.54, 1.807) is 0 Å². The molecule has 2 aromatic carbocycles. The molecule has 0 radical (unpaired) electrons. The maximum absolute atomic E-state index is 10.0. The predicted molar refractivity (Wildman–Crippen MR) is 76.9 cm³/mol. The molecule has 19 heavy (non-hydrogen) atoms. The SMILES string of the molecule is OC1(CNC(c2ccccc2)c2ccccc2)CC1. The Labute approximate surface area is 114 Å². The summed E-state index contributed by atoms with van der Waals surface area (Å²) >= 11 is 0. The van der Waals surface area contributed by atoms with Gasteiger partial charge in [-0.05, 0) is 24.0 Å². The zero-order valence-corrected chi connectivity index (χ0v) is 10.9. The highest BCUT2D eigenvalue weighted by molar-refractivity contribution is 5.31. The minimum atomic E-state index is -0.470. The Morgan fingerprint density at radius 1 is 0.895 bits per heavy atom. The van der Waals surface area contributed by atoms with Gasteiger partial charge in [-0.2, -0.15) is 0 Å². The Balaban J connectivity index is 1.83. The molecule has 2 N–H and O–H groups in total. The molecule has 0 bridgehead atoms. The smallest absolute Gasteiger partial charge is 0.0774 e. The zero-order chi connectivity index (χ0) is 13.1. The molecule has 2 nitrogen and oxygen atoms in total. The summed E-state index contributed by atoms with van der Waals surface area (Å²) in [5, 5.41) is 13.5. The van der Waals surface area contributed by atoms with Gasteiger partial charge < -0.3 is 10.4 Å². The summed E-state index contributed by atoms with van der Waals surface area (Å²) in [6, 6.07) is 20.9. The van der Waals surface area contributed by atoms with E-state index in [4.69, 9.17) is 0 Å². The minimum absolute atomic E-state index is 0.145. The lowest BCUT2D eigenvalue weighted by molar-refractivity contribution is 0.145. The van der Waals surface area contributed by atoms with E-state index in [1.165, 1.54) is 11.1 Å². The van der Waals surface area contributed by atoms with Crippen LogP contribution < -0.4 is 5.32 Å². The number of hydrogen-bond donors (Lipinski definition) is 2. The molecule has 1 fully saturated rings. The van der Waals surface area contributed by atoms with Crippen LogP contribution in [0.4, 0.5) is 0 Å². The van der Waals surface area contributed by atoms with Gasteiger partial charge in [0.1, 0.15) is 0 Å². The second kappa shape index (κ2) is 5.16. The van der Waals surface area contributed by atoms with E-state index in [-0.39, 0.29) is 6.04 Å². The highest BCUT2D eigenvalue weighted by Gasteiger charge is 2.40. The van der Waals surface area contributed by atoms with Crippen molar-refractivity contribution in [2.75, 3.05) is 6.54 Å². The molecule has 0 heterocycles. The summed E-state index contributed by atoms with van der Waals surface area (Å²) < 4.78 is 0. The number of hydrogen-bond acceptors (Lipinski definition) is 2. The predicted octanol–water partition coefficient (Wildman–Crippen LogP) is 2.89. The molecule has 2 aromatic rings. The van der Waals surface area contributed by atoms with Crippen molar-refractivity contribution in [2.45, 2.75) is 24.5 Å². The summed E-state index contributed by atoms with van der Waals surface area (Å²) in [5.74, 6) is 0. The Hall–Kier alpha value is -1.64. The fourth-order valence-electron chi connectivity index (χ4n) is 2.33. The van der Waals surface area contributed by atoms with Crippen LogP contribution in [0.25, 0.3) is 0 Å². The van der Waals surface area contributed by atoms with Crippen LogP contribution in [0.5, 0.6) is 0 Å². The third-order valence-corrected chi connectivity index (χ3v) is 3.73. The van der Waals surface area contributed by atoms with E-state index in [2.05, 4.69) is 53.8 Å². The molecule has 0 aliphatic heterocycles. The van der Waals surface area contributed by atoms with Gasteiger partial charge in [-0.3, -0.25) is 0 Å². The molecular formula is C17H19NO. The van der Waals surface area contributed by atoms with E-state index in [1.807, 2.05) is 12.1 Å². The van der Waals surface area contributed by atoms with Crippen LogP contribution in [0.2, 0.25) is 0 Å². The summed E-state index contributed by atoms with van der Waals surface area (Å²) in [7, 11) is 0. The van der Waals surface area contributed by atoms with Gasteiger partial charge in [0.25, 0.3) is 0 Å².